The second-order valence-electron chi connectivity index (χ2n) is 7.88. The molecule has 0 aromatic heterocycles. The van der Waals surface area contributed by atoms with E-state index in [0.717, 1.165) is 16.7 Å². The predicted molar refractivity (Wildman–Crippen MR) is 116 cm³/mol. The van der Waals surface area contributed by atoms with E-state index in [-0.39, 0.29) is 34.6 Å². The lowest BCUT2D eigenvalue weighted by atomic mass is 9.92. The molecule has 1 aliphatic heterocycles. The van der Waals surface area contributed by atoms with Crippen molar-refractivity contribution in [2.75, 3.05) is 34.4 Å². The Morgan fingerprint density at radius 3 is 2.20 bits per heavy atom. The molecule has 1 saturated heterocycles. The predicted octanol–water partition coefficient (Wildman–Crippen LogP) is 3.30. The summed E-state index contributed by atoms with van der Waals surface area (Å²) in [6.45, 7) is 6.24. The normalized spacial score (nSPS) is 15.5. The van der Waals surface area contributed by atoms with Gasteiger partial charge in [-0.1, -0.05) is 20.8 Å². The van der Waals surface area contributed by atoms with Crippen LogP contribution in [0.5, 0.6) is 17.2 Å². The monoisotopic (exact) mass is 436 g/mol. The van der Waals surface area contributed by atoms with Crippen LogP contribution in [0, 0.1) is 5.41 Å². The van der Waals surface area contributed by atoms with Crippen LogP contribution in [0.2, 0.25) is 0 Å². The van der Waals surface area contributed by atoms with E-state index in [9.17, 15) is 14.4 Å². The third-order valence-electron chi connectivity index (χ3n) is 4.21. The van der Waals surface area contributed by atoms with Crippen molar-refractivity contribution in [3.63, 3.8) is 0 Å². The van der Waals surface area contributed by atoms with E-state index in [0.29, 0.717) is 29.2 Å². The number of methoxy groups -OCH3 is 3. The molecule has 0 atom stereocenters. The smallest absolute Gasteiger partial charge is 0.293 e. The van der Waals surface area contributed by atoms with E-state index in [1.165, 1.54) is 21.3 Å². The molecule has 0 radical (unpaired) electrons. The zero-order valence-electron chi connectivity index (χ0n) is 18.2. The molecule has 9 heteroatoms. The minimum atomic E-state index is -0.399. The van der Waals surface area contributed by atoms with Gasteiger partial charge in [0.1, 0.15) is 0 Å². The van der Waals surface area contributed by atoms with Crippen molar-refractivity contribution in [2.45, 2.75) is 27.2 Å². The summed E-state index contributed by atoms with van der Waals surface area (Å²) in [5.74, 6) is 0.829. The Labute approximate surface area is 180 Å². The van der Waals surface area contributed by atoms with Gasteiger partial charge in [-0.2, -0.15) is 0 Å². The number of carbonyl (C=O) groups excluding carboxylic acids is 3. The van der Waals surface area contributed by atoms with Crippen molar-refractivity contribution in [3.05, 3.63) is 22.6 Å². The largest absolute Gasteiger partial charge is 0.493 e. The van der Waals surface area contributed by atoms with Crippen LogP contribution < -0.4 is 19.5 Å². The van der Waals surface area contributed by atoms with Gasteiger partial charge in [0.15, 0.2) is 11.5 Å². The highest BCUT2D eigenvalue weighted by molar-refractivity contribution is 8.18. The summed E-state index contributed by atoms with van der Waals surface area (Å²) in [5.41, 5.74) is 0.503. The van der Waals surface area contributed by atoms with Crippen molar-refractivity contribution in [1.29, 1.82) is 0 Å². The molecule has 0 saturated carbocycles. The second-order valence-corrected chi connectivity index (χ2v) is 8.87. The van der Waals surface area contributed by atoms with Crippen LogP contribution in [0.1, 0.15) is 32.8 Å². The van der Waals surface area contributed by atoms with Crippen LogP contribution in [-0.2, 0) is 9.59 Å². The van der Waals surface area contributed by atoms with Crippen molar-refractivity contribution in [1.82, 2.24) is 10.2 Å². The summed E-state index contributed by atoms with van der Waals surface area (Å²) in [5, 5.41) is 2.38. The summed E-state index contributed by atoms with van der Waals surface area (Å²) in [6.07, 6.45) is 1.98. The van der Waals surface area contributed by atoms with E-state index >= 15 is 0 Å². The zero-order chi connectivity index (χ0) is 22.5. The maximum atomic E-state index is 12.7. The van der Waals surface area contributed by atoms with Gasteiger partial charge in [0.2, 0.25) is 11.7 Å². The van der Waals surface area contributed by atoms with Gasteiger partial charge in [-0.3, -0.25) is 19.3 Å². The number of imide groups is 1. The maximum Gasteiger partial charge on any atom is 0.293 e. The first-order valence-corrected chi connectivity index (χ1v) is 10.2. The van der Waals surface area contributed by atoms with Crippen LogP contribution in [0.4, 0.5) is 4.79 Å². The highest BCUT2D eigenvalue weighted by Gasteiger charge is 2.34. The molecular formula is C21H28N2O6S. The first kappa shape index (κ1) is 23.6. The summed E-state index contributed by atoms with van der Waals surface area (Å²) in [7, 11) is 4.51. The standard InChI is InChI=1S/C21H28N2O6S/c1-21(2,3)12-17(24)22-7-8-23-19(25)16(30-20(23)26)11-13-9-14(27-4)18(29-6)15(10-13)28-5/h9-11H,7-8,12H2,1-6H3,(H,22,24)/b16-11+. The molecule has 164 valence electrons. The van der Waals surface area contributed by atoms with Gasteiger partial charge in [0, 0.05) is 19.5 Å². The number of rotatable bonds is 8. The van der Waals surface area contributed by atoms with Gasteiger partial charge in [0.25, 0.3) is 11.1 Å². The fourth-order valence-electron chi connectivity index (χ4n) is 2.88. The first-order chi connectivity index (χ1) is 14.1. The quantitative estimate of drug-likeness (QED) is 0.625. The third-order valence-corrected chi connectivity index (χ3v) is 5.11. The lowest BCUT2D eigenvalue weighted by molar-refractivity contribution is -0.125. The Bertz CT molecular complexity index is 835. The minimum Gasteiger partial charge on any atom is -0.493 e. The Hall–Kier alpha value is -2.68. The van der Waals surface area contributed by atoms with Gasteiger partial charge < -0.3 is 19.5 Å². The summed E-state index contributed by atoms with van der Waals surface area (Å²) >= 11 is 0.855. The van der Waals surface area contributed by atoms with Crippen molar-refractivity contribution in [3.8, 4) is 17.2 Å². The number of carbonyl (C=O) groups is 3. The lowest BCUT2D eigenvalue weighted by Gasteiger charge is -2.18. The van der Waals surface area contributed by atoms with Crippen LogP contribution in [-0.4, -0.2) is 56.4 Å². The molecule has 1 aliphatic rings. The second kappa shape index (κ2) is 9.88. The molecule has 2 rings (SSSR count). The fraction of sp³-hybridized carbons (Fsp3) is 0.476. The van der Waals surface area contributed by atoms with Gasteiger partial charge in [-0.25, -0.2) is 0 Å². The SMILES string of the molecule is COc1cc(/C=C2/SC(=O)N(CCNC(=O)CC(C)(C)C)C2=O)cc(OC)c1OC. The van der Waals surface area contributed by atoms with Crippen LogP contribution in [0.15, 0.2) is 17.0 Å². The number of amides is 3. The van der Waals surface area contributed by atoms with Gasteiger partial charge in [-0.15, -0.1) is 0 Å². The Balaban J connectivity index is 2.10. The van der Waals surface area contributed by atoms with E-state index in [2.05, 4.69) is 5.32 Å². The lowest BCUT2D eigenvalue weighted by Crippen LogP contribution is -2.38. The number of nitrogens with one attached hydrogen (secondary N) is 1. The molecule has 1 heterocycles. The molecule has 0 aliphatic carbocycles. The maximum absolute atomic E-state index is 12.7. The number of thioether (sulfide) groups is 1. The molecule has 8 nitrogen and oxygen atoms in total. The average molecular weight is 437 g/mol. The molecule has 30 heavy (non-hydrogen) atoms. The highest BCUT2D eigenvalue weighted by atomic mass is 32.2. The molecule has 1 aromatic rings. The zero-order valence-corrected chi connectivity index (χ0v) is 19.0. The third kappa shape index (κ3) is 5.91. The molecule has 0 spiro atoms. The van der Waals surface area contributed by atoms with Crippen LogP contribution in [0.25, 0.3) is 6.08 Å². The van der Waals surface area contributed by atoms with E-state index in [1.54, 1.807) is 18.2 Å². The van der Waals surface area contributed by atoms with Gasteiger partial charge in [-0.05, 0) is 40.9 Å². The van der Waals surface area contributed by atoms with Crippen molar-refractivity contribution in [2.24, 2.45) is 5.41 Å². The Morgan fingerprint density at radius 1 is 1.10 bits per heavy atom. The Morgan fingerprint density at radius 2 is 1.70 bits per heavy atom. The summed E-state index contributed by atoms with van der Waals surface area (Å²) in [4.78, 5) is 38.3. The topological polar surface area (TPSA) is 94.2 Å². The number of hydrogen-bond acceptors (Lipinski definition) is 7. The van der Waals surface area contributed by atoms with Crippen LogP contribution in [0.3, 0.4) is 0 Å². The molecule has 3 amide bonds. The minimum absolute atomic E-state index is 0.109. The summed E-state index contributed by atoms with van der Waals surface area (Å²) < 4.78 is 15.9. The molecule has 1 fully saturated rings. The average Bonchev–Trinajstić information content (AvgIpc) is 2.93. The van der Waals surface area contributed by atoms with Gasteiger partial charge >= 0.3 is 0 Å². The molecule has 1 aromatic carbocycles. The first-order valence-electron chi connectivity index (χ1n) is 9.41. The molecule has 0 unspecified atom stereocenters. The van der Waals surface area contributed by atoms with Crippen LogP contribution >= 0.6 is 11.8 Å². The van der Waals surface area contributed by atoms with E-state index in [1.807, 2.05) is 20.8 Å². The van der Waals surface area contributed by atoms with Gasteiger partial charge in [0.05, 0.1) is 26.2 Å². The number of hydrogen-bond donors (Lipinski definition) is 1. The number of nitrogens with zero attached hydrogens (tertiary/aromatic N) is 1. The molecule has 1 N–H and O–H groups in total. The number of ether oxygens (including phenoxy) is 3. The van der Waals surface area contributed by atoms with E-state index in [4.69, 9.17) is 14.2 Å². The Kier molecular flexibility index (Phi) is 7.77. The fourth-order valence-corrected chi connectivity index (χ4v) is 3.75. The van der Waals surface area contributed by atoms with E-state index < -0.39 is 5.91 Å². The highest BCUT2D eigenvalue weighted by Crippen LogP contribution is 2.40. The number of benzene rings is 1. The van der Waals surface area contributed by atoms with Crippen molar-refractivity contribution < 1.29 is 28.6 Å². The molecule has 0 bridgehead atoms. The van der Waals surface area contributed by atoms with Crippen molar-refractivity contribution >= 4 is 34.9 Å². The summed E-state index contributed by atoms with van der Waals surface area (Å²) in [6, 6.07) is 3.39. The molecular weight excluding hydrogens is 408 g/mol.